The smallest absolute Gasteiger partial charge is 0.315 e. The molecule has 0 saturated heterocycles. The van der Waals surface area contributed by atoms with Gasteiger partial charge >= 0.3 is 5.97 Å². The Kier molecular flexibility index (Phi) is 10.1. The quantitative estimate of drug-likeness (QED) is 0.261. The first-order chi connectivity index (χ1) is 15.5. The average Bonchev–Trinajstić information content (AvgIpc) is 3.32. The van der Waals surface area contributed by atoms with Gasteiger partial charge in [0.05, 0.1) is 30.3 Å². The molecule has 1 aliphatic carbocycles. The fourth-order valence-electron chi connectivity index (χ4n) is 3.70. The van der Waals surface area contributed by atoms with Crippen LogP contribution in [0.25, 0.3) is 10.1 Å². The molecule has 0 unspecified atom stereocenters. The zero-order chi connectivity index (χ0) is 22.9. The summed E-state index contributed by atoms with van der Waals surface area (Å²) in [4.78, 5) is 24.7. The summed E-state index contributed by atoms with van der Waals surface area (Å²) >= 11 is 4.83. The summed E-state index contributed by atoms with van der Waals surface area (Å²) in [7, 11) is 1.38. The number of hydrogen-bond donors (Lipinski definition) is 2. The number of ketones is 1. The molecule has 3 rings (SSSR count). The summed E-state index contributed by atoms with van der Waals surface area (Å²) in [5.41, 5.74) is 0. The molecular formula is C24H30O5S3. The second-order valence-corrected chi connectivity index (χ2v) is 11.4. The lowest BCUT2D eigenvalue weighted by Crippen LogP contribution is -2.22. The number of carbonyl (C=O) groups is 2. The molecule has 1 aliphatic rings. The van der Waals surface area contributed by atoms with Gasteiger partial charge in [-0.25, -0.2) is 0 Å². The van der Waals surface area contributed by atoms with Crippen LogP contribution in [-0.4, -0.2) is 63.8 Å². The SMILES string of the molecule is COC(=O)CSCCCS[C@H]1C(=O)C[C@@H](O)[C@@H]1C=C[C@H](O)CCc1cc2ccccc2s1. The van der Waals surface area contributed by atoms with E-state index in [1.165, 1.54) is 33.8 Å². The topological polar surface area (TPSA) is 83.8 Å². The van der Waals surface area contributed by atoms with Crippen molar-refractivity contribution in [3.8, 4) is 0 Å². The minimum absolute atomic E-state index is 0.0686. The average molecular weight is 495 g/mol. The van der Waals surface area contributed by atoms with Crippen LogP contribution >= 0.6 is 34.9 Å². The third kappa shape index (κ3) is 7.35. The molecule has 5 nitrogen and oxygen atoms in total. The predicted octanol–water partition coefficient (Wildman–Crippen LogP) is 4.10. The number of aryl methyl sites for hydroxylation is 1. The molecule has 32 heavy (non-hydrogen) atoms. The number of rotatable bonds is 12. The number of esters is 1. The van der Waals surface area contributed by atoms with E-state index in [4.69, 9.17) is 0 Å². The predicted molar refractivity (Wildman–Crippen MR) is 135 cm³/mol. The molecule has 0 radical (unpaired) electrons. The first-order valence-electron chi connectivity index (χ1n) is 10.8. The molecule has 1 fully saturated rings. The monoisotopic (exact) mass is 494 g/mol. The van der Waals surface area contributed by atoms with E-state index in [2.05, 4.69) is 22.9 Å². The largest absolute Gasteiger partial charge is 0.468 e. The Morgan fingerprint density at radius 3 is 2.94 bits per heavy atom. The standard InChI is InChI=1S/C24H30O5S3/c1-29-23(28)15-30-11-4-12-31-24-19(20(26)14-21(24)27)10-8-17(25)7-9-18-13-16-5-2-3-6-22(16)32-18/h2-3,5-6,8,10,13,17,19-20,24-26H,4,7,9,11-12,14-15H2,1H3/t17-,19+,20-,24-/m1/s1. The van der Waals surface area contributed by atoms with Gasteiger partial charge < -0.3 is 14.9 Å². The van der Waals surface area contributed by atoms with E-state index >= 15 is 0 Å². The lowest BCUT2D eigenvalue weighted by molar-refractivity contribution is -0.137. The molecule has 2 aromatic rings. The Balaban J connectivity index is 1.44. The molecule has 0 spiro atoms. The number of thiophene rings is 1. The van der Waals surface area contributed by atoms with Crippen molar-refractivity contribution in [2.45, 2.75) is 43.1 Å². The number of Topliss-reactive ketones (excluding diaryl/α,β-unsaturated/α-hetero) is 1. The highest BCUT2D eigenvalue weighted by Gasteiger charge is 2.40. The van der Waals surface area contributed by atoms with Crippen molar-refractivity contribution >= 4 is 56.7 Å². The number of thioether (sulfide) groups is 2. The highest BCUT2D eigenvalue weighted by Crippen LogP contribution is 2.34. The van der Waals surface area contributed by atoms with Crippen molar-refractivity contribution in [3.05, 3.63) is 47.4 Å². The molecule has 1 heterocycles. The van der Waals surface area contributed by atoms with Crippen LogP contribution in [0.1, 0.15) is 24.1 Å². The van der Waals surface area contributed by atoms with E-state index in [0.717, 1.165) is 24.3 Å². The fourth-order valence-corrected chi connectivity index (χ4v) is 7.08. The van der Waals surface area contributed by atoms with Gasteiger partial charge in [-0.1, -0.05) is 30.4 Å². The first-order valence-corrected chi connectivity index (χ1v) is 13.8. The maximum atomic E-state index is 12.3. The van der Waals surface area contributed by atoms with Gasteiger partial charge in [-0.3, -0.25) is 9.59 Å². The van der Waals surface area contributed by atoms with E-state index in [-0.39, 0.29) is 29.3 Å². The third-order valence-electron chi connectivity index (χ3n) is 5.42. The van der Waals surface area contributed by atoms with Gasteiger partial charge in [0.1, 0.15) is 5.78 Å². The summed E-state index contributed by atoms with van der Waals surface area (Å²) < 4.78 is 5.87. The number of benzene rings is 1. The van der Waals surface area contributed by atoms with Crippen LogP contribution in [-0.2, 0) is 20.7 Å². The zero-order valence-electron chi connectivity index (χ0n) is 18.1. The Hall–Kier alpha value is -1.32. The molecular weight excluding hydrogens is 464 g/mol. The number of fused-ring (bicyclic) bond motifs is 1. The number of hydrogen-bond acceptors (Lipinski definition) is 8. The molecule has 4 atom stereocenters. The zero-order valence-corrected chi connectivity index (χ0v) is 20.6. The van der Waals surface area contributed by atoms with Crippen molar-refractivity contribution in [2.24, 2.45) is 5.92 Å². The Morgan fingerprint density at radius 2 is 2.16 bits per heavy atom. The second-order valence-electron chi connectivity index (χ2n) is 7.83. The van der Waals surface area contributed by atoms with Gasteiger partial charge in [0.2, 0.25) is 0 Å². The van der Waals surface area contributed by atoms with Crippen LogP contribution in [0.5, 0.6) is 0 Å². The molecule has 1 saturated carbocycles. The molecule has 1 aromatic heterocycles. The number of aliphatic hydroxyl groups is 2. The molecule has 174 valence electrons. The normalized spacial score (nSPS) is 22.1. The van der Waals surface area contributed by atoms with Crippen LogP contribution in [0.4, 0.5) is 0 Å². The van der Waals surface area contributed by atoms with Gasteiger partial charge in [0.25, 0.3) is 0 Å². The molecule has 1 aromatic carbocycles. The third-order valence-corrected chi connectivity index (χ3v) is 9.07. The van der Waals surface area contributed by atoms with Crippen LogP contribution in [0.15, 0.2) is 42.5 Å². The summed E-state index contributed by atoms with van der Waals surface area (Å²) in [6, 6.07) is 10.4. The van der Waals surface area contributed by atoms with Gasteiger partial charge in [-0.05, 0) is 48.3 Å². The second kappa shape index (κ2) is 12.8. The van der Waals surface area contributed by atoms with Crippen molar-refractivity contribution in [1.82, 2.24) is 0 Å². The minimum atomic E-state index is -0.695. The minimum Gasteiger partial charge on any atom is -0.468 e. The fraction of sp³-hybridized carbons (Fsp3) is 0.500. The van der Waals surface area contributed by atoms with Gasteiger partial charge in [0, 0.05) is 21.9 Å². The molecule has 0 aliphatic heterocycles. The van der Waals surface area contributed by atoms with Crippen molar-refractivity contribution in [3.63, 3.8) is 0 Å². The van der Waals surface area contributed by atoms with E-state index in [9.17, 15) is 19.8 Å². The first kappa shape index (κ1) is 25.3. The highest BCUT2D eigenvalue weighted by atomic mass is 32.2. The van der Waals surface area contributed by atoms with E-state index in [0.29, 0.717) is 12.2 Å². The van der Waals surface area contributed by atoms with Crippen LogP contribution in [0.2, 0.25) is 0 Å². The number of carbonyl (C=O) groups excluding carboxylic acids is 2. The Bertz CT molecular complexity index is 892. The molecule has 0 bridgehead atoms. The maximum Gasteiger partial charge on any atom is 0.315 e. The maximum absolute atomic E-state index is 12.3. The van der Waals surface area contributed by atoms with Crippen molar-refractivity contribution in [1.29, 1.82) is 0 Å². The van der Waals surface area contributed by atoms with Crippen LogP contribution < -0.4 is 0 Å². The number of methoxy groups -OCH3 is 1. The lowest BCUT2D eigenvalue weighted by Gasteiger charge is -2.17. The van der Waals surface area contributed by atoms with E-state index in [1.54, 1.807) is 29.2 Å². The highest BCUT2D eigenvalue weighted by molar-refractivity contribution is 8.01. The number of ether oxygens (including phenoxy) is 1. The molecule has 8 heteroatoms. The van der Waals surface area contributed by atoms with Crippen LogP contribution in [0, 0.1) is 5.92 Å². The summed E-state index contributed by atoms with van der Waals surface area (Å²) in [6.07, 6.45) is 4.70. The van der Waals surface area contributed by atoms with E-state index < -0.39 is 12.2 Å². The van der Waals surface area contributed by atoms with Gasteiger partial charge in [-0.2, -0.15) is 11.8 Å². The van der Waals surface area contributed by atoms with Crippen molar-refractivity contribution < 1.29 is 24.5 Å². The molecule has 2 N–H and O–H groups in total. The van der Waals surface area contributed by atoms with Crippen LogP contribution in [0.3, 0.4) is 0 Å². The summed E-state index contributed by atoms with van der Waals surface area (Å²) in [6.45, 7) is 0. The lowest BCUT2D eigenvalue weighted by atomic mass is 10.0. The summed E-state index contributed by atoms with van der Waals surface area (Å²) in [5, 5.41) is 21.7. The van der Waals surface area contributed by atoms with Gasteiger partial charge in [0.15, 0.2) is 0 Å². The van der Waals surface area contributed by atoms with E-state index in [1.807, 2.05) is 18.2 Å². The van der Waals surface area contributed by atoms with Gasteiger partial charge in [-0.15, -0.1) is 23.1 Å². The number of aliphatic hydroxyl groups excluding tert-OH is 2. The Labute approximate surface area is 201 Å². The summed E-state index contributed by atoms with van der Waals surface area (Å²) in [5.74, 6) is 1.52. The Morgan fingerprint density at radius 1 is 1.34 bits per heavy atom. The van der Waals surface area contributed by atoms with Crippen molar-refractivity contribution in [2.75, 3.05) is 24.4 Å². The molecule has 0 amide bonds.